The SMILES string of the molecule is C[Si]1(C)c2ccsc2-c2sc(-c3cc4c(s3)-c3sccc3[Si]4(C)C)cc21. The molecule has 0 saturated heterocycles. The van der Waals surface area contributed by atoms with Crippen molar-refractivity contribution in [3.05, 3.63) is 35.0 Å². The van der Waals surface area contributed by atoms with Crippen molar-refractivity contribution in [3.8, 4) is 29.3 Å². The number of hydrogen-bond donors (Lipinski definition) is 0. The van der Waals surface area contributed by atoms with Gasteiger partial charge in [0.1, 0.15) is 16.1 Å². The summed E-state index contributed by atoms with van der Waals surface area (Å²) in [6, 6.07) is 9.85. The van der Waals surface area contributed by atoms with Gasteiger partial charge in [0, 0.05) is 29.3 Å². The van der Waals surface area contributed by atoms with Crippen LogP contribution in [-0.2, 0) is 0 Å². The summed E-state index contributed by atoms with van der Waals surface area (Å²) in [6.07, 6.45) is 0. The fourth-order valence-corrected chi connectivity index (χ4v) is 18.6. The zero-order chi connectivity index (χ0) is 17.8. The van der Waals surface area contributed by atoms with Crippen molar-refractivity contribution in [1.29, 1.82) is 0 Å². The first kappa shape index (κ1) is 16.2. The van der Waals surface area contributed by atoms with Crippen molar-refractivity contribution < 1.29 is 0 Å². The average Bonchev–Trinajstić information content (AvgIpc) is 3.39. The fourth-order valence-electron chi connectivity index (χ4n) is 4.54. The van der Waals surface area contributed by atoms with Gasteiger partial charge in [0.15, 0.2) is 0 Å². The van der Waals surface area contributed by atoms with Crippen LogP contribution in [0.4, 0.5) is 0 Å². The van der Waals surface area contributed by atoms with E-state index in [1.165, 1.54) is 9.75 Å². The molecule has 6 heterocycles. The van der Waals surface area contributed by atoms with Gasteiger partial charge in [-0.2, -0.15) is 0 Å². The Bertz CT molecular complexity index is 1100. The molecule has 4 aromatic heterocycles. The lowest BCUT2D eigenvalue weighted by molar-refractivity contribution is 1.84. The van der Waals surface area contributed by atoms with E-state index in [-0.39, 0.29) is 0 Å². The Balaban J connectivity index is 1.53. The summed E-state index contributed by atoms with van der Waals surface area (Å²) in [6.45, 7) is 10.1. The molecular formula is C20H18S4Si2. The maximum atomic E-state index is 2.55. The molecule has 130 valence electrons. The Labute approximate surface area is 171 Å². The molecule has 6 heteroatoms. The van der Waals surface area contributed by atoms with Crippen LogP contribution in [0.25, 0.3) is 29.3 Å². The molecule has 0 unspecified atom stereocenters. The van der Waals surface area contributed by atoms with Crippen molar-refractivity contribution in [3.63, 3.8) is 0 Å². The quantitative estimate of drug-likeness (QED) is 0.355. The molecule has 0 radical (unpaired) electrons. The highest BCUT2D eigenvalue weighted by Crippen LogP contribution is 2.45. The lowest BCUT2D eigenvalue weighted by Gasteiger charge is -2.16. The molecule has 0 bridgehead atoms. The number of rotatable bonds is 1. The first-order valence-electron chi connectivity index (χ1n) is 8.84. The van der Waals surface area contributed by atoms with Gasteiger partial charge in [-0.1, -0.05) is 38.3 Å². The van der Waals surface area contributed by atoms with E-state index in [1.807, 2.05) is 45.3 Å². The minimum Gasteiger partial charge on any atom is -0.143 e. The molecule has 0 N–H and O–H groups in total. The second-order valence-electron chi connectivity index (χ2n) is 8.28. The molecule has 6 rings (SSSR count). The van der Waals surface area contributed by atoms with Crippen LogP contribution in [0.1, 0.15) is 0 Å². The summed E-state index contributed by atoms with van der Waals surface area (Å²) in [4.78, 5) is 9.26. The van der Waals surface area contributed by atoms with Crippen LogP contribution in [0.2, 0.25) is 26.2 Å². The molecule has 0 aromatic carbocycles. The zero-order valence-electron chi connectivity index (χ0n) is 15.1. The molecule has 0 fully saturated rings. The Morgan fingerprint density at radius 1 is 0.577 bits per heavy atom. The Morgan fingerprint density at radius 2 is 1.00 bits per heavy atom. The normalized spacial score (nSPS) is 17.8. The van der Waals surface area contributed by atoms with Crippen LogP contribution < -0.4 is 20.7 Å². The second-order valence-corrected chi connectivity index (χ2v) is 20.9. The number of thiophene rings is 4. The minimum absolute atomic E-state index is 1.48. The highest BCUT2D eigenvalue weighted by molar-refractivity contribution is 7.33. The summed E-state index contributed by atoms with van der Waals surface area (Å²) >= 11 is 7.95. The van der Waals surface area contributed by atoms with Crippen molar-refractivity contribution in [1.82, 2.24) is 0 Å². The average molecular weight is 443 g/mol. The van der Waals surface area contributed by atoms with Crippen molar-refractivity contribution >= 4 is 82.2 Å². The standard InChI is InChI=1S/C20H18S4Si2/c1-25(2)13-5-7-21-17(13)19-15(25)9-11(23-19)12-10-16-20(24-12)18-14(6-8-22-18)26(16,3)4/h5-10H,1-4H3. The van der Waals surface area contributed by atoms with E-state index in [0.29, 0.717) is 0 Å². The van der Waals surface area contributed by atoms with Gasteiger partial charge in [0.05, 0.1) is 0 Å². The van der Waals surface area contributed by atoms with Crippen LogP contribution in [0.3, 0.4) is 0 Å². The summed E-state index contributed by atoms with van der Waals surface area (Å²) in [5, 5.41) is 11.2. The van der Waals surface area contributed by atoms with Gasteiger partial charge in [0.25, 0.3) is 0 Å². The van der Waals surface area contributed by atoms with Crippen molar-refractivity contribution in [2.75, 3.05) is 0 Å². The summed E-state index contributed by atoms with van der Waals surface area (Å²) < 4.78 is 0. The highest BCUT2D eigenvalue weighted by Gasteiger charge is 2.42. The molecule has 0 aliphatic carbocycles. The van der Waals surface area contributed by atoms with E-state index in [1.54, 1.807) is 40.3 Å². The predicted octanol–water partition coefficient (Wildman–Crippen LogP) is 5.21. The molecule has 0 nitrogen and oxygen atoms in total. The Kier molecular flexibility index (Phi) is 3.11. The molecule has 26 heavy (non-hydrogen) atoms. The lowest BCUT2D eigenvalue weighted by Crippen LogP contribution is -2.48. The number of hydrogen-bond acceptors (Lipinski definition) is 4. The first-order valence-corrected chi connectivity index (χ1v) is 18.2. The van der Waals surface area contributed by atoms with Crippen molar-refractivity contribution in [2.45, 2.75) is 26.2 Å². The molecule has 2 aliphatic rings. The lowest BCUT2D eigenvalue weighted by atomic mass is 10.3. The molecule has 0 atom stereocenters. The third-order valence-corrected chi connectivity index (χ3v) is 18.5. The third-order valence-electron chi connectivity index (χ3n) is 6.14. The van der Waals surface area contributed by atoms with Crippen LogP contribution >= 0.6 is 45.3 Å². The molecule has 0 amide bonds. The van der Waals surface area contributed by atoms with Crippen LogP contribution in [0, 0.1) is 0 Å². The summed E-state index contributed by atoms with van der Waals surface area (Å²) in [5.74, 6) is 0. The molecule has 0 saturated carbocycles. The van der Waals surface area contributed by atoms with E-state index in [0.717, 1.165) is 0 Å². The Hall–Kier alpha value is -0.766. The van der Waals surface area contributed by atoms with E-state index in [2.05, 4.69) is 61.2 Å². The molecule has 2 aliphatic heterocycles. The van der Waals surface area contributed by atoms with Gasteiger partial charge >= 0.3 is 0 Å². The topological polar surface area (TPSA) is 0 Å². The van der Waals surface area contributed by atoms with Crippen LogP contribution in [0.15, 0.2) is 35.0 Å². The molecular weight excluding hydrogens is 425 g/mol. The first-order chi connectivity index (χ1) is 12.4. The largest absolute Gasteiger partial charge is 0.143 e. The van der Waals surface area contributed by atoms with E-state index < -0.39 is 16.1 Å². The highest BCUT2D eigenvalue weighted by atomic mass is 32.1. The third kappa shape index (κ3) is 1.83. The minimum atomic E-state index is -1.48. The van der Waals surface area contributed by atoms with E-state index in [9.17, 15) is 0 Å². The van der Waals surface area contributed by atoms with Crippen LogP contribution in [0.5, 0.6) is 0 Å². The van der Waals surface area contributed by atoms with Gasteiger partial charge in [0.2, 0.25) is 0 Å². The Morgan fingerprint density at radius 3 is 1.42 bits per heavy atom. The van der Waals surface area contributed by atoms with Gasteiger partial charge in [-0.05, 0) is 43.6 Å². The maximum Gasteiger partial charge on any atom is 0.116 e. The smallest absolute Gasteiger partial charge is 0.116 e. The second kappa shape index (κ2) is 4.98. The van der Waals surface area contributed by atoms with Gasteiger partial charge in [-0.25, -0.2) is 0 Å². The monoisotopic (exact) mass is 442 g/mol. The number of fused-ring (bicyclic) bond motifs is 6. The van der Waals surface area contributed by atoms with Gasteiger partial charge in [-0.15, -0.1) is 45.3 Å². The predicted molar refractivity (Wildman–Crippen MR) is 128 cm³/mol. The van der Waals surface area contributed by atoms with Gasteiger partial charge in [-0.3, -0.25) is 0 Å². The summed E-state index contributed by atoms with van der Waals surface area (Å²) in [7, 11) is -2.96. The maximum absolute atomic E-state index is 2.55. The van der Waals surface area contributed by atoms with E-state index in [4.69, 9.17) is 0 Å². The van der Waals surface area contributed by atoms with E-state index >= 15 is 0 Å². The zero-order valence-corrected chi connectivity index (χ0v) is 20.4. The fraction of sp³-hybridized carbons (Fsp3) is 0.200. The molecule has 0 spiro atoms. The van der Waals surface area contributed by atoms with Crippen molar-refractivity contribution in [2.24, 2.45) is 0 Å². The molecule has 4 aromatic rings. The van der Waals surface area contributed by atoms with Crippen LogP contribution in [-0.4, -0.2) is 16.1 Å². The summed E-state index contributed by atoms with van der Waals surface area (Å²) in [5.41, 5.74) is 0. The van der Waals surface area contributed by atoms with Gasteiger partial charge < -0.3 is 0 Å².